The predicted molar refractivity (Wildman–Crippen MR) is 162 cm³/mol. The first kappa shape index (κ1) is 33.7. The van der Waals surface area contributed by atoms with Crippen LogP contribution in [0.5, 0.6) is 23.0 Å². The van der Waals surface area contributed by atoms with Crippen molar-refractivity contribution in [1.29, 1.82) is 0 Å². The van der Waals surface area contributed by atoms with Gasteiger partial charge in [0.25, 0.3) is 0 Å². The smallest absolute Gasteiger partial charge is 0.343 e. The Morgan fingerprint density at radius 2 is 1.34 bits per heavy atom. The topological polar surface area (TPSA) is 127 Å². The molecule has 0 aliphatic rings. The molecule has 0 saturated heterocycles. The van der Waals surface area contributed by atoms with E-state index in [-0.39, 0.29) is 6.61 Å². The first-order valence-electron chi connectivity index (χ1n) is 13.9. The monoisotopic (exact) mass is 604 g/mol. The number of esters is 2. The van der Waals surface area contributed by atoms with Gasteiger partial charge in [-0.2, -0.15) is 0 Å². The molecule has 3 aromatic rings. The van der Waals surface area contributed by atoms with Gasteiger partial charge in [0, 0.05) is 18.4 Å². The average molecular weight is 605 g/mol. The molecular formula is C34H36O10. The summed E-state index contributed by atoms with van der Waals surface area (Å²) in [5, 5.41) is 9.27. The van der Waals surface area contributed by atoms with Crippen LogP contribution < -0.4 is 18.9 Å². The molecule has 0 aliphatic carbocycles. The summed E-state index contributed by atoms with van der Waals surface area (Å²) in [5.74, 6) is 0.711. The zero-order valence-electron chi connectivity index (χ0n) is 24.6. The van der Waals surface area contributed by atoms with Crippen LogP contribution in [0.1, 0.15) is 39.1 Å². The summed E-state index contributed by atoms with van der Waals surface area (Å²) in [5.41, 5.74) is 1.67. The highest BCUT2D eigenvalue weighted by Crippen LogP contribution is 2.26. The third kappa shape index (κ3) is 11.5. The van der Waals surface area contributed by atoms with E-state index in [1.54, 1.807) is 73.7 Å². The van der Waals surface area contributed by atoms with Crippen molar-refractivity contribution < 1.29 is 47.9 Å². The number of carbonyl (C=O) groups is 3. The maximum atomic E-state index is 12.7. The molecule has 0 radical (unpaired) electrons. The van der Waals surface area contributed by atoms with Crippen molar-refractivity contribution in [3.8, 4) is 23.0 Å². The van der Waals surface area contributed by atoms with Gasteiger partial charge in [0.05, 0.1) is 44.2 Å². The molecule has 0 aromatic heterocycles. The van der Waals surface area contributed by atoms with Crippen LogP contribution in [0.3, 0.4) is 0 Å². The van der Waals surface area contributed by atoms with Crippen molar-refractivity contribution in [2.75, 3.05) is 33.0 Å². The lowest BCUT2D eigenvalue weighted by atomic mass is 10.2. The van der Waals surface area contributed by atoms with Gasteiger partial charge in [0.15, 0.2) is 6.29 Å². The second-order valence-electron chi connectivity index (χ2n) is 9.48. The molecule has 1 unspecified atom stereocenters. The number of hydrogen-bond donors (Lipinski definition) is 1. The summed E-state index contributed by atoms with van der Waals surface area (Å²) in [6.07, 6.45) is 2.16. The summed E-state index contributed by atoms with van der Waals surface area (Å²) in [7, 11) is 0. The molecule has 1 N–H and O–H groups in total. The number of carbonyl (C=O) groups excluding carboxylic acids is 3. The van der Waals surface area contributed by atoms with Gasteiger partial charge in [-0.3, -0.25) is 4.79 Å². The van der Waals surface area contributed by atoms with E-state index in [2.05, 4.69) is 13.2 Å². The molecule has 1 atom stereocenters. The predicted octanol–water partition coefficient (Wildman–Crippen LogP) is 5.26. The van der Waals surface area contributed by atoms with Gasteiger partial charge < -0.3 is 33.5 Å². The number of ether oxygens (including phenoxy) is 6. The Hall–Kier alpha value is -4.77. The van der Waals surface area contributed by atoms with Gasteiger partial charge in [-0.15, -0.1) is 0 Å². The maximum absolute atomic E-state index is 12.7. The van der Waals surface area contributed by atoms with Crippen molar-refractivity contribution in [3.63, 3.8) is 0 Å². The summed E-state index contributed by atoms with van der Waals surface area (Å²) in [6, 6.07) is 17.8. The molecule has 0 amide bonds. The van der Waals surface area contributed by atoms with Gasteiger partial charge in [-0.05, 0) is 85.3 Å². The van der Waals surface area contributed by atoms with Crippen LogP contribution in [0.25, 0.3) is 0 Å². The quantitative estimate of drug-likeness (QED) is 0.0368. The van der Waals surface area contributed by atoms with Crippen molar-refractivity contribution in [2.24, 2.45) is 0 Å². The number of rotatable bonds is 19. The highest BCUT2D eigenvalue weighted by atomic mass is 16.6. The molecular weight excluding hydrogens is 568 g/mol. The highest BCUT2D eigenvalue weighted by molar-refractivity contribution is 5.92. The summed E-state index contributed by atoms with van der Waals surface area (Å²) < 4.78 is 32.7. The van der Waals surface area contributed by atoms with Gasteiger partial charge in [0.1, 0.15) is 29.3 Å². The van der Waals surface area contributed by atoms with E-state index in [1.165, 1.54) is 6.08 Å². The van der Waals surface area contributed by atoms with Crippen LogP contribution in [0.2, 0.25) is 0 Å². The van der Waals surface area contributed by atoms with Crippen LogP contribution in [0.15, 0.2) is 91.5 Å². The van der Waals surface area contributed by atoms with Gasteiger partial charge in [0.2, 0.25) is 0 Å². The van der Waals surface area contributed by atoms with E-state index in [9.17, 15) is 19.5 Å². The largest absolute Gasteiger partial charge is 0.494 e. The second-order valence-corrected chi connectivity index (χ2v) is 9.48. The molecule has 0 aliphatic heterocycles. The summed E-state index contributed by atoms with van der Waals surface area (Å²) in [4.78, 5) is 35.8. The number of aliphatic hydroxyl groups excluding tert-OH is 1. The number of hydrogen-bond acceptors (Lipinski definition) is 10. The van der Waals surface area contributed by atoms with Crippen LogP contribution in [-0.4, -0.2) is 62.7 Å². The highest BCUT2D eigenvalue weighted by Gasteiger charge is 2.14. The van der Waals surface area contributed by atoms with Gasteiger partial charge >= 0.3 is 11.9 Å². The first-order valence-corrected chi connectivity index (χ1v) is 13.9. The zero-order chi connectivity index (χ0) is 31.7. The van der Waals surface area contributed by atoms with Crippen LogP contribution in [0, 0.1) is 6.92 Å². The molecule has 0 bridgehead atoms. The number of aryl methyl sites for hydroxylation is 1. The summed E-state index contributed by atoms with van der Waals surface area (Å²) in [6.45, 7) is 10.4. The molecule has 0 heterocycles. The summed E-state index contributed by atoms with van der Waals surface area (Å²) >= 11 is 0. The Morgan fingerprint density at radius 3 is 1.89 bits per heavy atom. The van der Waals surface area contributed by atoms with Gasteiger partial charge in [-0.1, -0.05) is 13.2 Å². The Balaban J connectivity index is 1.43. The zero-order valence-corrected chi connectivity index (χ0v) is 24.6. The minimum absolute atomic E-state index is 0.196. The lowest BCUT2D eigenvalue weighted by Crippen LogP contribution is -2.11. The second kappa shape index (κ2) is 18.0. The Morgan fingerprint density at radius 1 is 0.795 bits per heavy atom. The van der Waals surface area contributed by atoms with E-state index in [4.69, 9.17) is 28.4 Å². The lowest BCUT2D eigenvalue weighted by molar-refractivity contribution is -0.105. The van der Waals surface area contributed by atoms with Crippen LogP contribution in [0.4, 0.5) is 0 Å². The van der Waals surface area contributed by atoms with E-state index in [0.29, 0.717) is 90.8 Å². The molecule has 232 valence electrons. The van der Waals surface area contributed by atoms with Crippen LogP contribution in [-0.2, 0) is 14.3 Å². The molecule has 44 heavy (non-hydrogen) atoms. The molecule has 0 saturated carbocycles. The Bertz CT molecular complexity index is 1400. The fraction of sp³-hybridized carbons (Fsp3) is 0.265. The minimum Gasteiger partial charge on any atom is -0.494 e. The van der Waals surface area contributed by atoms with Crippen molar-refractivity contribution >= 4 is 18.2 Å². The van der Waals surface area contributed by atoms with Crippen molar-refractivity contribution in [1.82, 2.24) is 0 Å². The van der Waals surface area contributed by atoms with E-state index < -0.39 is 18.2 Å². The van der Waals surface area contributed by atoms with Crippen molar-refractivity contribution in [3.05, 3.63) is 108 Å². The SMILES string of the molecule is C=CC(O)OCCCOc1ccc(C(=O)Oc2ccc(OC(=O)c3ccc(OCCCOCC(=C)C=O)cc3)cc2C)cc1. The molecule has 0 fully saturated rings. The minimum atomic E-state index is -0.994. The average Bonchev–Trinajstić information content (AvgIpc) is 3.04. The maximum Gasteiger partial charge on any atom is 0.343 e. The fourth-order valence-corrected chi connectivity index (χ4v) is 3.61. The number of benzene rings is 3. The third-order valence-corrected chi connectivity index (χ3v) is 5.94. The molecule has 3 rings (SSSR count). The third-order valence-electron chi connectivity index (χ3n) is 5.94. The normalized spacial score (nSPS) is 11.2. The first-order chi connectivity index (χ1) is 21.3. The molecule has 10 nitrogen and oxygen atoms in total. The number of aliphatic hydroxyl groups is 1. The standard InChI is InChI=1S/C34H36O10/c1-4-32(36)42-20-6-19-41-29-13-9-27(10-14-29)34(38)44-31-16-15-30(21-25(31)3)43-33(37)26-7-11-28(12-8-26)40-18-5-17-39-23-24(2)22-35/h4,7-16,21-22,32,36H,1-2,5-6,17-20,23H2,3H3. The van der Waals surface area contributed by atoms with Crippen molar-refractivity contribution in [2.45, 2.75) is 26.1 Å². The lowest BCUT2D eigenvalue weighted by Gasteiger charge is -2.11. The Labute approximate surface area is 256 Å². The van der Waals surface area contributed by atoms with E-state index >= 15 is 0 Å². The Kier molecular flexibility index (Phi) is 13.8. The van der Waals surface area contributed by atoms with E-state index in [0.717, 1.165) is 0 Å². The van der Waals surface area contributed by atoms with E-state index in [1.807, 2.05) is 0 Å². The van der Waals surface area contributed by atoms with Gasteiger partial charge in [-0.25, -0.2) is 9.59 Å². The molecule has 3 aromatic carbocycles. The fourth-order valence-electron chi connectivity index (χ4n) is 3.61. The molecule has 0 spiro atoms. The molecule has 10 heteroatoms. The van der Waals surface area contributed by atoms with Crippen LogP contribution >= 0.6 is 0 Å². The number of aldehydes is 1.